The standard InChI is InChI=1S/C20H20N2O3/c1-24-20(23)14-22-13-18(12-21)11-16-7-9-19(10-8-16)25-15-17-5-3-2-4-6-17/h2-10,13,22H,11,14-15H2,1H3/b18-13+. The molecule has 0 heterocycles. The summed E-state index contributed by atoms with van der Waals surface area (Å²) in [5, 5.41) is 11.9. The van der Waals surface area contributed by atoms with Gasteiger partial charge in [0.1, 0.15) is 18.9 Å². The molecule has 0 aromatic heterocycles. The van der Waals surface area contributed by atoms with Crippen LogP contribution in [0.1, 0.15) is 11.1 Å². The van der Waals surface area contributed by atoms with E-state index in [1.165, 1.54) is 13.3 Å². The van der Waals surface area contributed by atoms with E-state index in [-0.39, 0.29) is 12.5 Å². The average Bonchev–Trinajstić information content (AvgIpc) is 2.67. The van der Waals surface area contributed by atoms with Gasteiger partial charge in [-0.1, -0.05) is 42.5 Å². The zero-order chi connectivity index (χ0) is 17.9. The third-order valence-corrected chi connectivity index (χ3v) is 3.46. The molecule has 0 bridgehead atoms. The van der Waals surface area contributed by atoms with E-state index in [1.54, 1.807) is 0 Å². The van der Waals surface area contributed by atoms with Gasteiger partial charge < -0.3 is 14.8 Å². The van der Waals surface area contributed by atoms with Gasteiger partial charge in [0.2, 0.25) is 0 Å². The van der Waals surface area contributed by atoms with Crippen LogP contribution in [0.3, 0.4) is 0 Å². The fraction of sp³-hybridized carbons (Fsp3) is 0.200. The van der Waals surface area contributed by atoms with E-state index >= 15 is 0 Å². The second kappa shape index (κ2) is 9.78. The van der Waals surface area contributed by atoms with Gasteiger partial charge >= 0.3 is 5.97 Å². The van der Waals surface area contributed by atoms with Crippen molar-refractivity contribution in [2.24, 2.45) is 0 Å². The number of methoxy groups -OCH3 is 1. The molecule has 0 spiro atoms. The highest BCUT2D eigenvalue weighted by atomic mass is 16.5. The van der Waals surface area contributed by atoms with Crippen molar-refractivity contribution in [1.29, 1.82) is 5.26 Å². The van der Waals surface area contributed by atoms with Gasteiger partial charge in [0, 0.05) is 18.2 Å². The lowest BCUT2D eigenvalue weighted by molar-refractivity contribution is -0.139. The summed E-state index contributed by atoms with van der Waals surface area (Å²) in [5.41, 5.74) is 2.62. The Hall–Kier alpha value is -3.26. The Labute approximate surface area is 147 Å². The Morgan fingerprint density at radius 3 is 2.48 bits per heavy atom. The molecule has 0 aliphatic rings. The van der Waals surface area contributed by atoms with Crippen LogP contribution in [-0.4, -0.2) is 19.6 Å². The van der Waals surface area contributed by atoms with Crippen molar-refractivity contribution < 1.29 is 14.3 Å². The monoisotopic (exact) mass is 336 g/mol. The second-order valence-electron chi connectivity index (χ2n) is 5.33. The summed E-state index contributed by atoms with van der Waals surface area (Å²) in [5.74, 6) is 0.396. The van der Waals surface area contributed by atoms with Gasteiger partial charge in [-0.25, -0.2) is 0 Å². The largest absolute Gasteiger partial charge is 0.489 e. The molecule has 0 fully saturated rings. The molecule has 2 rings (SSSR count). The number of benzene rings is 2. The number of nitrogens with zero attached hydrogens (tertiary/aromatic N) is 1. The Morgan fingerprint density at radius 1 is 1.12 bits per heavy atom. The summed E-state index contributed by atoms with van der Waals surface area (Å²) in [7, 11) is 1.32. The highest BCUT2D eigenvalue weighted by molar-refractivity contribution is 5.71. The van der Waals surface area contributed by atoms with Crippen LogP contribution in [0.25, 0.3) is 0 Å². The third kappa shape index (κ3) is 6.40. The molecule has 128 valence electrons. The fourth-order valence-electron chi connectivity index (χ4n) is 2.12. The van der Waals surface area contributed by atoms with Gasteiger partial charge in [-0.3, -0.25) is 4.79 Å². The Morgan fingerprint density at radius 2 is 1.84 bits per heavy atom. The third-order valence-electron chi connectivity index (χ3n) is 3.46. The van der Waals surface area contributed by atoms with Gasteiger partial charge in [-0.15, -0.1) is 0 Å². The first-order valence-corrected chi connectivity index (χ1v) is 7.86. The normalized spacial score (nSPS) is 10.6. The molecule has 25 heavy (non-hydrogen) atoms. The highest BCUT2D eigenvalue weighted by Gasteiger charge is 2.02. The maximum Gasteiger partial charge on any atom is 0.325 e. The molecule has 0 aliphatic carbocycles. The lowest BCUT2D eigenvalue weighted by Gasteiger charge is -2.07. The first-order valence-electron chi connectivity index (χ1n) is 7.86. The number of nitrogens with one attached hydrogen (secondary N) is 1. The number of allylic oxidation sites excluding steroid dienone is 1. The van der Waals surface area contributed by atoms with E-state index in [2.05, 4.69) is 16.1 Å². The molecule has 2 aromatic rings. The van der Waals surface area contributed by atoms with Crippen LogP contribution in [-0.2, 0) is 22.6 Å². The molecule has 0 saturated heterocycles. The minimum absolute atomic E-state index is 0.0357. The summed E-state index contributed by atoms with van der Waals surface area (Å²) in [6, 6.07) is 19.7. The molecule has 5 heteroatoms. The molecular formula is C20H20N2O3. The zero-order valence-electron chi connectivity index (χ0n) is 14.1. The van der Waals surface area contributed by atoms with E-state index in [0.717, 1.165) is 16.9 Å². The Bertz CT molecular complexity index is 747. The van der Waals surface area contributed by atoms with E-state index in [1.807, 2.05) is 54.6 Å². The van der Waals surface area contributed by atoms with E-state index in [4.69, 9.17) is 4.74 Å². The van der Waals surface area contributed by atoms with Crippen LogP contribution in [0.5, 0.6) is 5.75 Å². The molecular weight excluding hydrogens is 316 g/mol. The number of carbonyl (C=O) groups is 1. The average molecular weight is 336 g/mol. The van der Waals surface area contributed by atoms with E-state index < -0.39 is 0 Å². The molecule has 0 radical (unpaired) electrons. The predicted octanol–water partition coefficient (Wildman–Crippen LogP) is 2.98. The Balaban J connectivity index is 1.87. The van der Waals surface area contributed by atoms with Crippen LogP contribution < -0.4 is 10.1 Å². The van der Waals surface area contributed by atoms with Crippen molar-refractivity contribution >= 4 is 5.97 Å². The van der Waals surface area contributed by atoms with Crippen molar-refractivity contribution in [2.45, 2.75) is 13.0 Å². The minimum Gasteiger partial charge on any atom is -0.489 e. The summed E-state index contributed by atoms with van der Waals surface area (Å²) < 4.78 is 10.3. The first-order chi connectivity index (χ1) is 12.2. The topological polar surface area (TPSA) is 71.3 Å². The number of nitriles is 1. The summed E-state index contributed by atoms with van der Waals surface area (Å²) in [4.78, 5) is 11.0. The van der Waals surface area contributed by atoms with Gasteiger partial charge in [-0.2, -0.15) is 5.26 Å². The van der Waals surface area contributed by atoms with Crippen molar-refractivity contribution in [1.82, 2.24) is 5.32 Å². The summed E-state index contributed by atoms with van der Waals surface area (Å²) in [6.07, 6.45) is 2.01. The number of rotatable bonds is 8. The molecule has 0 saturated carbocycles. The molecule has 1 N–H and O–H groups in total. The lowest BCUT2D eigenvalue weighted by Crippen LogP contribution is -2.19. The zero-order valence-corrected chi connectivity index (χ0v) is 14.1. The number of ether oxygens (including phenoxy) is 2. The van der Waals surface area contributed by atoms with Crippen LogP contribution in [0.2, 0.25) is 0 Å². The van der Waals surface area contributed by atoms with Crippen molar-refractivity contribution in [3.05, 3.63) is 77.5 Å². The van der Waals surface area contributed by atoms with Gasteiger partial charge in [0.25, 0.3) is 0 Å². The SMILES string of the molecule is COC(=O)CN/C=C(/C#N)Cc1ccc(OCc2ccccc2)cc1. The summed E-state index contributed by atoms with van der Waals surface area (Å²) >= 11 is 0. The van der Waals surface area contributed by atoms with Gasteiger partial charge in [-0.05, 0) is 23.3 Å². The highest BCUT2D eigenvalue weighted by Crippen LogP contribution is 2.16. The van der Waals surface area contributed by atoms with Crippen molar-refractivity contribution in [3.8, 4) is 11.8 Å². The van der Waals surface area contributed by atoms with Crippen molar-refractivity contribution in [3.63, 3.8) is 0 Å². The van der Waals surface area contributed by atoms with Crippen LogP contribution in [0.4, 0.5) is 0 Å². The molecule has 5 nitrogen and oxygen atoms in total. The maximum atomic E-state index is 11.0. The number of carbonyl (C=O) groups excluding carboxylic acids is 1. The molecule has 0 amide bonds. The number of hydrogen-bond acceptors (Lipinski definition) is 5. The molecule has 2 aromatic carbocycles. The van der Waals surface area contributed by atoms with Gasteiger partial charge in [0.05, 0.1) is 13.2 Å². The maximum absolute atomic E-state index is 11.0. The number of hydrogen-bond donors (Lipinski definition) is 1. The van der Waals surface area contributed by atoms with E-state index in [0.29, 0.717) is 18.6 Å². The predicted molar refractivity (Wildman–Crippen MR) is 94.6 cm³/mol. The molecule has 0 unspecified atom stereocenters. The van der Waals surface area contributed by atoms with Crippen LogP contribution in [0.15, 0.2) is 66.4 Å². The molecule has 0 aliphatic heterocycles. The summed E-state index contributed by atoms with van der Waals surface area (Å²) in [6.45, 7) is 0.551. The van der Waals surface area contributed by atoms with Crippen molar-refractivity contribution in [2.75, 3.05) is 13.7 Å². The minimum atomic E-state index is -0.381. The van der Waals surface area contributed by atoms with Crippen LogP contribution >= 0.6 is 0 Å². The first kappa shape index (κ1) is 18.1. The smallest absolute Gasteiger partial charge is 0.325 e. The van der Waals surface area contributed by atoms with Gasteiger partial charge in [0.15, 0.2) is 0 Å². The van der Waals surface area contributed by atoms with Crippen LogP contribution in [0, 0.1) is 11.3 Å². The Kier molecular flexibility index (Phi) is 7.08. The second-order valence-corrected chi connectivity index (χ2v) is 5.33. The van der Waals surface area contributed by atoms with E-state index in [9.17, 15) is 10.1 Å². The fourth-order valence-corrected chi connectivity index (χ4v) is 2.12. The lowest BCUT2D eigenvalue weighted by atomic mass is 10.1. The molecule has 0 atom stereocenters. The number of esters is 1. The quantitative estimate of drug-likeness (QED) is 0.593.